The molecule has 8 nitrogen and oxygen atoms in total. The number of carbonyl (C=O) groups is 3. The fraction of sp³-hybridized carbons (Fsp3) is 0.667. The van der Waals surface area contributed by atoms with Gasteiger partial charge in [0.25, 0.3) is 0 Å². The van der Waals surface area contributed by atoms with E-state index in [1.165, 1.54) is 7.11 Å². The second kappa shape index (κ2) is 8.48. The number of rotatable bonds is 9. The van der Waals surface area contributed by atoms with E-state index >= 15 is 0 Å². The first kappa shape index (κ1) is 15.3. The van der Waals surface area contributed by atoms with E-state index in [0.717, 1.165) is 4.90 Å². The molecule has 8 heteroatoms. The minimum Gasteiger partial charge on any atom is -0.480 e. The number of nitrogens with zero attached hydrogens (tertiary/aromatic N) is 1. The Labute approximate surface area is 98.3 Å². The topological polar surface area (TPSA) is 119 Å². The van der Waals surface area contributed by atoms with Gasteiger partial charge < -0.3 is 25.2 Å². The Bertz CT molecular complexity index is 265. The fourth-order valence-electron chi connectivity index (χ4n) is 0.977. The molecule has 0 atom stereocenters. The Hall–Kier alpha value is -1.67. The maximum absolute atomic E-state index is 11.5. The van der Waals surface area contributed by atoms with Crippen LogP contribution in [0.3, 0.4) is 0 Å². The zero-order valence-electron chi connectivity index (χ0n) is 9.55. The number of carboxylic acids is 1. The first-order valence-corrected chi connectivity index (χ1v) is 4.82. The van der Waals surface area contributed by atoms with Crippen molar-refractivity contribution >= 4 is 17.8 Å². The first-order valence-electron chi connectivity index (χ1n) is 4.82. The molecule has 98 valence electrons. The van der Waals surface area contributed by atoms with Gasteiger partial charge in [-0.25, -0.2) is 0 Å². The van der Waals surface area contributed by atoms with Crippen LogP contribution in [0.15, 0.2) is 0 Å². The molecule has 0 aliphatic rings. The van der Waals surface area contributed by atoms with Crippen molar-refractivity contribution in [3.8, 4) is 0 Å². The Morgan fingerprint density at radius 2 is 1.88 bits per heavy atom. The molecular formula is C9H16N2O6. The maximum Gasteiger partial charge on any atom is 0.323 e. The van der Waals surface area contributed by atoms with E-state index in [1.54, 1.807) is 0 Å². The molecule has 0 aliphatic carbocycles. The number of hydrogen-bond acceptors (Lipinski definition) is 5. The Morgan fingerprint density at radius 1 is 1.24 bits per heavy atom. The van der Waals surface area contributed by atoms with Crippen LogP contribution in [-0.4, -0.2) is 67.8 Å². The van der Waals surface area contributed by atoms with Crippen LogP contribution in [0.5, 0.6) is 0 Å². The van der Waals surface area contributed by atoms with Gasteiger partial charge in [0.15, 0.2) is 0 Å². The van der Waals surface area contributed by atoms with Crippen LogP contribution in [0.2, 0.25) is 0 Å². The summed E-state index contributed by atoms with van der Waals surface area (Å²) in [7, 11) is 1.48. The molecule has 0 radical (unpaired) electrons. The third kappa shape index (κ3) is 8.17. The van der Waals surface area contributed by atoms with Gasteiger partial charge in [0, 0.05) is 7.11 Å². The molecule has 17 heavy (non-hydrogen) atoms. The lowest BCUT2D eigenvalue weighted by Crippen LogP contribution is -2.43. The number of nitrogens with two attached hydrogens (primary N) is 1. The number of ether oxygens (including phenoxy) is 2. The molecule has 0 fully saturated rings. The number of aliphatic carboxylic acids is 1. The van der Waals surface area contributed by atoms with Crippen molar-refractivity contribution in [2.75, 3.05) is 40.0 Å². The summed E-state index contributed by atoms with van der Waals surface area (Å²) < 4.78 is 9.61. The van der Waals surface area contributed by atoms with E-state index in [4.69, 9.17) is 20.3 Å². The largest absolute Gasteiger partial charge is 0.480 e. The number of carboxylic acid groups (broad SMARTS) is 1. The quantitative estimate of drug-likeness (QED) is 0.457. The highest BCUT2D eigenvalue weighted by molar-refractivity contribution is 5.87. The van der Waals surface area contributed by atoms with Crippen LogP contribution in [0.4, 0.5) is 0 Å². The van der Waals surface area contributed by atoms with Crippen LogP contribution in [-0.2, 0) is 23.9 Å². The smallest absolute Gasteiger partial charge is 0.323 e. The standard InChI is InChI=1S/C9H16N2O6/c1-16-2-3-17-6-8(13)11(4-7(10)12)5-9(14)15/h2-6H2,1H3,(H2,10,12)(H,14,15). The average molecular weight is 248 g/mol. The highest BCUT2D eigenvalue weighted by Crippen LogP contribution is 1.91. The summed E-state index contributed by atoms with van der Waals surface area (Å²) in [6.45, 7) is -0.820. The SMILES string of the molecule is COCCOCC(=O)N(CC(N)=O)CC(=O)O. The zero-order valence-corrected chi connectivity index (χ0v) is 9.55. The van der Waals surface area contributed by atoms with E-state index in [9.17, 15) is 14.4 Å². The number of amides is 2. The molecular weight excluding hydrogens is 232 g/mol. The van der Waals surface area contributed by atoms with Gasteiger partial charge in [-0.15, -0.1) is 0 Å². The summed E-state index contributed by atoms with van der Waals surface area (Å²) in [5, 5.41) is 8.55. The number of hydrogen-bond donors (Lipinski definition) is 2. The Kier molecular flexibility index (Phi) is 7.65. The normalized spacial score (nSPS) is 9.94. The van der Waals surface area contributed by atoms with E-state index in [0.29, 0.717) is 6.61 Å². The van der Waals surface area contributed by atoms with Gasteiger partial charge >= 0.3 is 5.97 Å². The second-order valence-electron chi connectivity index (χ2n) is 3.16. The van der Waals surface area contributed by atoms with E-state index in [1.807, 2.05) is 0 Å². The molecule has 0 heterocycles. The highest BCUT2D eigenvalue weighted by Gasteiger charge is 2.18. The monoisotopic (exact) mass is 248 g/mol. The zero-order chi connectivity index (χ0) is 13.3. The number of carbonyl (C=O) groups excluding carboxylic acids is 2. The summed E-state index contributed by atoms with van der Waals surface area (Å²) in [6, 6.07) is 0. The maximum atomic E-state index is 11.5. The third-order valence-electron chi connectivity index (χ3n) is 1.68. The van der Waals surface area contributed by atoms with Gasteiger partial charge in [0.2, 0.25) is 11.8 Å². The molecule has 0 aromatic heterocycles. The van der Waals surface area contributed by atoms with E-state index in [-0.39, 0.29) is 13.2 Å². The summed E-state index contributed by atoms with van der Waals surface area (Å²) in [5.74, 6) is -2.62. The van der Waals surface area contributed by atoms with E-state index in [2.05, 4.69) is 0 Å². The summed E-state index contributed by atoms with van der Waals surface area (Å²) >= 11 is 0. The molecule has 3 N–H and O–H groups in total. The van der Waals surface area contributed by atoms with Crippen molar-refractivity contribution < 1.29 is 29.0 Å². The lowest BCUT2D eigenvalue weighted by atomic mass is 10.4. The van der Waals surface area contributed by atoms with Crippen molar-refractivity contribution in [2.45, 2.75) is 0 Å². The first-order chi connectivity index (χ1) is 7.97. The molecule has 0 aromatic rings. The molecule has 0 saturated carbocycles. The van der Waals surface area contributed by atoms with Crippen molar-refractivity contribution in [1.29, 1.82) is 0 Å². The molecule has 0 aromatic carbocycles. The predicted octanol–water partition coefficient (Wildman–Crippen LogP) is -1.95. The summed E-state index contributed by atoms with van der Waals surface area (Å²) in [6.07, 6.45) is 0. The third-order valence-corrected chi connectivity index (χ3v) is 1.68. The second-order valence-corrected chi connectivity index (χ2v) is 3.16. The molecule has 0 rings (SSSR count). The average Bonchev–Trinajstić information content (AvgIpc) is 2.22. The van der Waals surface area contributed by atoms with Gasteiger partial charge in [0.1, 0.15) is 19.7 Å². The van der Waals surface area contributed by atoms with Gasteiger partial charge in [0.05, 0.1) is 13.2 Å². The van der Waals surface area contributed by atoms with Crippen LogP contribution in [0.25, 0.3) is 0 Å². The number of primary amides is 1. The Balaban J connectivity index is 4.12. The Morgan fingerprint density at radius 3 is 2.35 bits per heavy atom. The van der Waals surface area contributed by atoms with Crippen LogP contribution < -0.4 is 5.73 Å². The van der Waals surface area contributed by atoms with Crippen molar-refractivity contribution in [2.24, 2.45) is 5.73 Å². The number of methoxy groups -OCH3 is 1. The molecule has 0 saturated heterocycles. The predicted molar refractivity (Wildman–Crippen MR) is 56.1 cm³/mol. The summed E-state index contributed by atoms with van der Waals surface area (Å²) in [5.41, 5.74) is 4.90. The van der Waals surface area contributed by atoms with Gasteiger partial charge in [-0.2, -0.15) is 0 Å². The summed E-state index contributed by atoms with van der Waals surface area (Å²) in [4.78, 5) is 33.4. The molecule has 2 amide bonds. The lowest BCUT2D eigenvalue weighted by Gasteiger charge is -2.18. The fourth-order valence-corrected chi connectivity index (χ4v) is 0.977. The van der Waals surface area contributed by atoms with Gasteiger partial charge in [-0.3, -0.25) is 14.4 Å². The molecule has 0 spiro atoms. The van der Waals surface area contributed by atoms with Crippen LogP contribution in [0, 0.1) is 0 Å². The molecule has 0 aliphatic heterocycles. The minimum absolute atomic E-state index is 0.208. The van der Waals surface area contributed by atoms with Crippen LogP contribution in [0.1, 0.15) is 0 Å². The minimum atomic E-state index is -1.23. The van der Waals surface area contributed by atoms with Gasteiger partial charge in [-0.05, 0) is 0 Å². The lowest BCUT2D eigenvalue weighted by molar-refractivity contribution is -0.147. The van der Waals surface area contributed by atoms with E-state index < -0.39 is 30.9 Å². The van der Waals surface area contributed by atoms with Crippen molar-refractivity contribution in [3.05, 3.63) is 0 Å². The van der Waals surface area contributed by atoms with Gasteiger partial charge in [-0.1, -0.05) is 0 Å². The van der Waals surface area contributed by atoms with Crippen molar-refractivity contribution in [1.82, 2.24) is 4.90 Å². The molecule has 0 bridgehead atoms. The van der Waals surface area contributed by atoms with Crippen LogP contribution >= 0.6 is 0 Å². The highest BCUT2D eigenvalue weighted by atomic mass is 16.5. The van der Waals surface area contributed by atoms with Crippen molar-refractivity contribution in [3.63, 3.8) is 0 Å². The molecule has 0 unspecified atom stereocenters.